The molecule has 0 radical (unpaired) electrons. The van der Waals surface area contributed by atoms with Crippen LogP contribution in [0, 0.1) is 5.82 Å². The molecule has 0 saturated carbocycles. The Morgan fingerprint density at radius 3 is 2.47 bits per heavy atom. The Kier molecular flexibility index (Phi) is 5.58. The standard InChI is InChI=1S/C22H18FN3O3S/c23-15-8-10-16(11-9-15)24-20(27)13-19-21(28)26(17-5-2-1-3-6-17)22(30)25(19)14-18-7-4-12-29-18/h1-12,19H,13-14H2,(H,24,27). The number of para-hydroxylation sites is 1. The van der Waals surface area contributed by atoms with E-state index in [1.807, 2.05) is 18.2 Å². The molecule has 1 aromatic heterocycles. The van der Waals surface area contributed by atoms with E-state index in [9.17, 15) is 14.0 Å². The molecule has 2 amide bonds. The predicted octanol–water partition coefficient (Wildman–Crippen LogP) is 3.95. The van der Waals surface area contributed by atoms with Gasteiger partial charge in [0, 0.05) is 5.69 Å². The Bertz CT molecular complexity index is 1060. The van der Waals surface area contributed by atoms with Crippen LogP contribution in [0.15, 0.2) is 77.4 Å². The first-order chi connectivity index (χ1) is 14.5. The van der Waals surface area contributed by atoms with Gasteiger partial charge in [-0.1, -0.05) is 18.2 Å². The number of thiocarbonyl (C=S) groups is 1. The first-order valence-corrected chi connectivity index (χ1v) is 9.71. The van der Waals surface area contributed by atoms with E-state index in [1.54, 1.807) is 35.4 Å². The lowest BCUT2D eigenvalue weighted by molar-refractivity contribution is -0.124. The summed E-state index contributed by atoms with van der Waals surface area (Å²) in [7, 11) is 0. The SMILES string of the molecule is O=C(CC1C(=O)N(c2ccccc2)C(=S)N1Cc1ccco1)Nc1ccc(F)cc1. The monoisotopic (exact) mass is 423 g/mol. The van der Waals surface area contributed by atoms with Crippen LogP contribution in [0.1, 0.15) is 12.2 Å². The highest BCUT2D eigenvalue weighted by Crippen LogP contribution is 2.28. The number of amides is 2. The van der Waals surface area contributed by atoms with E-state index in [2.05, 4.69) is 5.32 Å². The molecule has 8 heteroatoms. The van der Waals surface area contributed by atoms with Crippen molar-refractivity contribution in [2.75, 3.05) is 10.2 Å². The Hall–Kier alpha value is -3.52. The van der Waals surface area contributed by atoms with Crippen LogP contribution in [0.2, 0.25) is 0 Å². The molecule has 30 heavy (non-hydrogen) atoms. The molecule has 1 N–H and O–H groups in total. The maximum atomic E-state index is 13.2. The molecule has 1 saturated heterocycles. The number of anilines is 2. The molecule has 152 valence electrons. The average molecular weight is 423 g/mol. The lowest BCUT2D eigenvalue weighted by atomic mass is 10.1. The molecule has 1 aliphatic heterocycles. The van der Waals surface area contributed by atoms with Crippen molar-refractivity contribution in [3.63, 3.8) is 0 Å². The summed E-state index contributed by atoms with van der Waals surface area (Å²) in [4.78, 5) is 29.0. The maximum Gasteiger partial charge on any atom is 0.256 e. The van der Waals surface area contributed by atoms with E-state index < -0.39 is 11.9 Å². The number of hydrogen-bond acceptors (Lipinski definition) is 4. The minimum absolute atomic E-state index is 0.111. The van der Waals surface area contributed by atoms with Crippen LogP contribution in [0.4, 0.5) is 15.8 Å². The maximum absolute atomic E-state index is 13.2. The van der Waals surface area contributed by atoms with Gasteiger partial charge in [-0.25, -0.2) is 4.39 Å². The number of carbonyl (C=O) groups excluding carboxylic acids is 2. The number of nitrogens with zero attached hydrogens (tertiary/aromatic N) is 2. The summed E-state index contributed by atoms with van der Waals surface area (Å²) in [5, 5.41) is 3.00. The Morgan fingerprint density at radius 1 is 1.07 bits per heavy atom. The summed E-state index contributed by atoms with van der Waals surface area (Å²) in [6, 6.07) is 17.2. The van der Waals surface area contributed by atoms with E-state index >= 15 is 0 Å². The molecule has 2 aromatic carbocycles. The van der Waals surface area contributed by atoms with Crippen molar-refractivity contribution in [1.29, 1.82) is 0 Å². The molecule has 1 atom stereocenters. The van der Waals surface area contributed by atoms with Gasteiger partial charge in [0.05, 0.1) is 24.9 Å². The number of benzene rings is 2. The number of hydrogen-bond donors (Lipinski definition) is 1. The zero-order valence-corrected chi connectivity index (χ0v) is 16.6. The van der Waals surface area contributed by atoms with Gasteiger partial charge in [-0.3, -0.25) is 14.5 Å². The molecule has 0 aliphatic carbocycles. The molecule has 4 rings (SSSR count). The molecule has 0 bridgehead atoms. The molecule has 6 nitrogen and oxygen atoms in total. The molecule has 3 aromatic rings. The van der Waals surface area contributed by atoms with Gasteiger partial charge in [0.15, 0.2) is 5.11 Å². The van der Waals surface area contributed by atoms with Gasteiger partial charge in [0.1, 0.15) is 17.6 Å². The number of carbonyl (C=O) groups is 2. The van der Waals surface area contributed by atoms with Gasteiger partial charge in [-0.15, -0.1) is 0 Å². The van der Waals surface area contributed by atoms with Crippen molar-refractivity contribution in [1.82, 2.24) is 4.90 Å². The van der Waals surface area contributed by atoms with Crippen LogP contribution in [-0.2, 0) is 16.1 Å². The number of nitrogens with one attached hydrogen (secondary N) is 1. The van der Waals surface area contributed by atoms with Crippen molar-refractivity contribution in [3.8, 4) is 0 Å². The second kappa shape index (κ2) is 8.46. The van der Waals surface area contributed by atoms with Gasteiger partial charge >= 0.3 is 0 Å². The van der Waals surface area contributed by atoms with Crippen LogP contribution in [-0.4, -0.2) is 27.9 Å². The summed E-state index contributed by atoms with van der Waals surface area (Å²) in [5.41, 5.74) is 1.09. The average Bonchev–Trinajstić information content (AvgIpc) is 3.33. The summed E-state index contributed by atoms with van der Waals surface area (Å²) in [5.74, 6) is -0.425. The second-order valence-corrected chi connectivity index (χ2v) is 7.14. The van der Waals surface area contributed by atoms with Crippen LogP contribution < -0.4 is 10.2 Å². The Balaban J connectivity index is 1.57. The Labute approximate surface area is 177 Å². The molecular weight excluding hydrogens is 405 g/mol. The van der Waals surface area contributed by atoms with Gasteiger partial charge in [-0.2, -0.15) is 0 Å². The van der Waals surface area contributed by atoms with Crippen LogP contribution in [0.3, 0.4) is 0 Å². The number of furan rings is 1. The summed E-state index contributed by atoms with van der Waals surface area (Å²) < 4.78 is 18.5. The Morgan fingerprint density at radius 2 is 1.80 bits per heavy atom. The van der Waals surface area contributed by atoms with Crippen LogP contribution in [0.5, 0.6) is 0 Å². The lowest BCUT2D eigenvalue weighted by Crippen LogP contribution is -2.37. The fourth-order valence-electron chi connectivity index (χ4n) is 3.32. The van der Waals surface area contributed by atoms with Gasteiger partial charge in [0.2, 0.25) is 5.91 Å². The van der Waals surface area contributed by atoms with Crippen molar-refractivity contribution in [2.45, 2.75) is 19.0 Å². The van der Waals surface area contributed by atoms with Crippen molar-refractivity contribution < 1.29 is 18.4 Å². The van der Waals surface area contributed by atoms with Gasteiger partial charge in [-0.05, 0) is 60.7 Å². The normalized spacial score (nSPS) is 16.2. The first kappa shape index (κ1) is 19.8. The number of halogens is 1. The van der Waals surface area contributed by atoms with Crippen molar-refractivity contribution >= 4 is 40.5 Å². The second-order valence-electron chi connectivity index (χ2n) is 6.77. The van der Waals surface area contributed by atoms with E-state index in [1.165, 1.54) is 29.2 Å². The summed E-state index contributed by atoms with van der Waals surface area (Å²) in [6.07, 6.45) is 1.43. The topological polar surface area (TPSA) is 65.8 Å². The van der Waals surface area contributed by atoms with E-state index in [4.69, 9.17) is 16.6 Å². The minimum Gasteiger partial charge on any atom is -0.467 e. The zero-order valence-electron chi connectivity index (χ0n) is 15.8. The summed E-state index contributed by atoms with van der Waals surface area (Å²) in [6.45, 7) is 0.259. The fourth-order valence-corrected chi connectivity index (χ4v) is 3.71. The highest BCUT2D eigenvalue weighted by atomic mass is 32.1. The summed E-state index contributed by atoms with van der Waals surface area (Å²) >= 11 is 5.58. The van der Waals surface area contributed by atoms with Crippen molar-refractivity contribution in [3.05, 3.63) is 84.6 Å². The fraction of sp³-hybridized carbons (Fsp3) is 0.136. The minimum atomic E-state index is -0.789. The third kappa shape index (κ3) is 4.08. The van der Waals surface area contributed by atoms with Crippen LogP contribution >= 0.6 is 12.2 Å². The smallest absolute Gasteiger partial charge is 0.256 e. The highest BCUT2D eigenvalue weighted by Gasteiger charge is 2.44. The van der Waals surface area contributed by atoms with Crippen molar-refractivity contribution in [2.24, 2.45) is 0 Å². The molecule has 1 aliphatic rings. The molecule has 1 unspecified atom stereocenters. The first-order valence-electron chi connectivity index (χ1n) is 9.30. The third-order valence-electron chi connectivity index (χ3n) is 4.75. The van der Waals surface area contributed by atoms with E-state index in [0.29, 0.717) is 22.2 Å². The van der Waals surface area contributed by atoms with E-state index in [0.717, 1.165) is 0 Å². The number of rotatable bonds is 6. The third-order valence-corrected chi connectivity index (χ3v) is 5.16. The van der Waals surface area contributed by atoms with Gasteiger partial charge in [0.25, 0.3) is 5.91 Å². The van der Waals surface area contributed by atoms with E-state index in [-0.39, 0.29) is 24.8 Å². The molecule has 2 heterocycles. The lowest BCUT2D eigenvalue weighted by Gasteiger charge is -2.22. The molecule has 0 spiro atoms. The molecule has 1 fully saturated rings. The quantitative estimate of drug-likeness (QED) is 0.608. The predicted molar refractivity (Wildman–Crippen MR) is 114 cm³/mol. The van der Waals surface area contributed by atoms with Gasteiger partial charge < -0.3 is 14.6 Å². The largest absolute Gasteiger partial charge is 0.467 e. The zero-order chi connectivity index (χ0) is 21.1. The highest BCUT2D eigenvalue weighted by molar-refractivity contribution is 7.80. The van der Waals surface area contributed by atoms with Crippen LogP contribution in [0.25, 0.3) is 0 Å². The molecular formula is C22H18FN3O3S.